The second-order valence-electron chi connectivity index (χ2n) is 9.15. The van der Waals surface area contributed by atoms with Gasteiger partial charge in [0.2, 0.25) is 5.91 Å². The fraction of sp³-hybridized carbons (Fsp3) is 0.161. The number of furan rings is 1. The zero-order chi connectivity index (χ0) is 25.8. The maximum absolute atomic E-state index is 13.2. The van der Waals surface area contributed by atoms with Gasteiger partial charge in [0.05, 0.1) is 23.4 Å². The third kappa shape index (κ3) is 5.30. The van der Waals surface area contributed by atoms with Gasteiger partial charge in [-0.15, -0.1) is 0 Å². The van der Waals surface area contributed by atoms with E-state index in [4.69, 9.17) is 16.0 Å². The van der Waals surface area contributed by atoms with E-state index in [1.807, 2.05) is 30.3 Å². The molecule has 37 heavy (non-hydrogen) atoms. The Morgan fingerprint density at radius 2 is 1.84 bits per heavy atom. The highest BCUT2D eigenvalue weighted by molar-refractivity contribution is 6.32. The number of nitriles is 1. The van der Waals surface area contributed by atoms with Crippen LogP contribution in [0.15, 0.2) is 95.7 Å². The fourth-order valence-corrected chi connectivity index (χ4v) is 5.02. The number of hydrogen-bond acceptors (Lipinski definition) is 3. The molecule has 0 fully saturated rings. The summed E-state index contributed by atoms with van der Waals surface area (Å²) in [5.41, 5.74) is 5.62. The first-order valence-corrected chi connectivity index (χ1v) is 12.5. The van der Waals surface area contributed by atoms with Crippen molar-refractivity contribution in [2.24, 2.45) is 0 Å². The Kier molecular flexibility index (Phi) is 7.11. The summed E-state index contributed by atoms with van der Waals surface area (Å²) in [6.45, 7) is 3.08. The van der Waals surface area contributed by atoms with Crippen LogP contribution in [0.3, 0.4) is 0 Å². The number of aryl methyl sites for hydroxylation is 1. The van der Waals surface area contributed by atoms with Crippen LogP contribution in [0.2, 0.25) is 5.02 Å². The Labute approximate surface area is 220 Å². The van der Waals surface area contributed by atoms with E-state index in [2.05, 4.69) is 65.5 Å². The van der Waals surface area contributed by atoms with Gasteiger partial charge in [0.15, 0.2) is 0 Å². The van der Waals surface area contributed by atoms with Gasteiger partial charge in [-0.2, -0.15) is 5.26 Å². The lowest BCUT2D eigenvalue weighted by atomic mass is 9.87. The third-order valence-electron chi connectivity index (χ3n) is 6.62. The van der Waals surface area contributed by atoms with Gasteiger partial charge in [-0.3, -0.25) is 4.79 Å². The Hall–Kier alpha value is -4.27. The summed E-state index contributed by atoms with van der Waals surface area (Å²) in [7, 11) is 0. The molecule has 1 amide bonds. The molecule has 1 N–H and O–H groups in total. The van der Waals surface area contributed by atoms with Crippen molar-refractivity contribution < 1.29 is 9.21 Å². The van der Waals surface area contributed by atoms with E-state index in [-0.39, 0.29) is 18.2 Å². The number of carbonyl (C=O) groups excluding carboxylic acids is 1. The third-order valence-corrected chi connectivity index (χ3v) is 7.04. The average Bonchev–Trinajstić information content (AvgIpc) is 3.56. The number of fused-ring (bicyclic) bond motifs is 1. The molecule has 1 atom stereocenters. The number of halogens is 1. The number of rotatable bonds is 8. The topological polar surface area (TPSA) is 71.0 Å². The Balaban J connectivity index is 1.56. The molecule has 0 radical (unpaired) electrons. The van der Waals surface area contributed by atoms with Crippen LogP contribution in [0.4, 0.5) is 0 Å². The molecule has 0 aliphatic carbocycles. The first-order chi connectivity index (χ1) is 18.0. The SMILES string of the molecule is Cc1ccc(Cn2cc([C@H](CC(=O)NCc3ccco3)c3cccc(C#N)c3Cl)c3ccccc32)cc1. The monoisotopic (exact) mass is 507 g/mol. The molecule has 6 heteroatoms. The molecule has 5 rings (SSSR count). The van der Waals surface area contributed by atoms with E-state index in [0.29, 0.717) is 29.4 Å². The number of hydrogen-bond donors (Lipinski definition) is 1. The first-order valence-electron chi connectivity index (χ1n) is 12.1. The Bertz CT molecular complexity index is 1580. The minimum absolute atomic E-state index is 0.129. The van der Waals surface area contributed by atoms with Gasteiger partial charge in [0.25, 0.3) is 0 Å². The van der Waals surface area contributed by atoms with E-state index in [1.54, 1.807) is 18.4 Å². The molecule has 0 spiro atoms. The summed E-state index contributed by atoms with van der Waals surface area (Å²) in [6, 6.07) is 27.9. The van der Waals surface area contributed by atoms with E-state index in [9.17, 15) is 10.1 Å². The van der Waals surface area contributed by atoms with Crippen molar-refractivity contribution in [2.75, 3.05) is 0 Å². The fourth-order valence-electron chi connectivity index (χ4n) is 4.72. The van der Waals surface area contributed by atoms with Crippen molar-refractivity contribution in [1.82, 2.24) is 9.88 Å². The van der Waals surface area contributed by atoms with Crippen molar-refractivity contribution in [3.8, 4) is 6.07 Å². The lowest BCUT2D eigenvalue weighted by molar-refractivity contribution is -0.121. The first kappa shape index (κ1) is 24.4. The van der Waals surface area contributed by atoms with Crippen molar-refractivity contribution in [1.29, 1.82) is 5.26 Å². The van der Waals surface area contributed by atoms with Crippen LogP contribution >= 0.6 is 11.6 Å². The predicted octanol–water partition coefficient (Wildman–Crippen LogP) is 6.95. The van der Waals surface area contributed by atoms with Crippen LogP contribution in [0.25, 0.3) is 10.9 Å². The highest BCUT2D eigenvalue weighted by Crippen LogP contribution is 2.39. The van der Waals surface area contributed by atoms with Crippen molar-refractivity contribution in [2.45, 2.75) is 32.4 Å². The van der Waals surface area contributed by atoms with Gasteiger partial charge in [-0.05, 0) is 47.9 Å². The van der Waals surface area contributed by atoms with Crippen LogP contribution in [0.1, 0.15) is 45.9 Å². The number of aromatic nitrogens is 1. The lowest BCUT2D eigenvalue weighted by Gasteiger charge is -2.19. The molecule has 184 valence electrons. The van der Waals surface area contributed by atoms with Gasteiger partial charge in [-0.1, -0.05) is 71.8 Å². The molecule has 0 saturated carbocycles. The summed E-state index contributed by atoms with van der Waals surface area (Å²) in [5, 5.41) is 14.0. The second-order valence-corrected chi connectivity index (χ2v) is 9.53. The minimum atomic E-state index is -0.346. The van der Waals surface area contributed by atoms with Crippen LogP contribution in [-0.2, 0) is 17.9 Å². The molecule has 2 aromatic heterocycles. The number of carbonyl (C=O) groups is 1. The minimum Gasteiger partial charge on any atom is -0.467 e. The molecule has 2 heterocycles. The summed E-state index contributed by atoms with van der Waals surface area (Å²) >= 11 is 6.72. The highest BCUT2D eigenvalue weighted by Gasteiger charge is 2.25. The molecule has 0 bridgehead atoms. The van der Waals surface area contributed by atoms with Gasteiger partial charge in [0.1, 0.15) is 11.8 Å². The average molecular weight is 508 g/mol. The zero-order valence-electron chi connectivity index (χ0n) is 20.4. The van der Waals surface area contributed by atoms with Crippen LogP contribution in [0, 0.1) is 18.3 Å². The maximum Gasteiger partial charge on any atom is 0.221 e. The normalized spacial score (nSPS) is 11.8. The molecule has 0 aliphatic heterocycles. The number of nitrogens with one attached hydrogen (secondary N) is 1. The van der Waals surface area contributed by atoms with Crippen LogP contribution in [-0.4, -0.2) is 10.5 Å². The quantitative estimate of drug-likeness (QED) is 0.247. The summed E-state index contributed by atoms with van der Waals surface area (Å²) < 4.78 is 7.57. The predicted molar refractivity (Wildman–Crippen MR) is 145 cm³/mol. The van der Waals surface area contributed by atoms with Gasteiger partial charge in [0, 0.05) is 36.0 Å². The van der Waals surface area contributed by atoms with Crippen molar-refractivity contribution in [3.63, 3.8) is 0 Å². The number of nitrogens with zero attached hydrogens (tertiary/aromatic N) is 2. The van der Waals surface area contributed by atoms with Crippen LogP contribution in [0.5, 0.6) is 0 Å². The summed E-state index contributed by atoms with van der Waals surface area (Å²) in [6.07, 6.45) is 3.87. The largest absolute Gasteiger partial charge is 0.467 e. The molecular formula is C31H26ClN3O2. The number of benzene rings is 3. The van der Waals surface area contributed by atoms with Gasteiger partial charge < -0.3 is 14.3 Å². The van der Waals surface area contributed by atoms with E-state index in [1.165, 1.54) is 11.1 Å². The smallest absolute Gasteiger partial charge is 0.221 e. The summed E-state index contributed by atoms with van der Waals surface area (Å²) in [5.74, 6) is 0.209. The van der Waals surface area contributed by atoms with E-state index < -0.39 is 0 Å². The molecule has 0 saturated heterocycles. The van der Waals surface area contributed by atoms with Crippen molar-refractivity contribution >= 4 is 28.4 Å². The van der Waals surface area contributed by atoms with Gasteiger partial charge >= 0.3 is 0 Å². The van der Waals surface area contributed by atoms with E-state index >= 15 is 0 Å². The molecule has 5 aromatic rings. The molecular weight excluding hydrogens is 482 g/mol. The zero-order valence-corrected chi connectivity index (χ0v) is 21.2. The summed E-state index contributed by atoms with van der Waals surface area (Å²) in [4.78, 5) is 13.2. The standard InChI is InChI=1S/C31H26ClN3O2/c1-21-11-13-22(14-12-21)19-35-20-28(25-8-2-3-10-29(25)35)27(26-9-4-6-23(17-33)31(26)32)16-30(36)34-18-24-7-5-15-37-24/h2-15,20,27H,16,18-19H2,1H3,(H,34,36)/t27-/m1/s1. The second kappa shape index (κ2) is 10.8. The van der Waals surface area contributed by atoms with E-state index in [0.717, 1.165) is 22.0 Å². The highest BCUT2D eigenvalue weighted by atomic mass is 35.5. The van der Waals surface area contributed by atoms with Crippen LogP contribution < -0.4 is 5.32 Å². The lowest BCUT2D eigenvalue weighted by Crippen LogP contribution is -2.25. The van der Waals surface area contributed by atoms with Crippen molar-refractivity contribution in [3.05, 3.63) is 130 Å². The Morgan fingerprint density at radius 1 is 1.03 bits per heavy atom. The molecule has 0 aliphatic rings. The number of para-hydroxylation sites is 1. The molecule has 5 nitrogen and oxygen atoms in total. The number of amides is 1. The van der Waals surface area contributed by atoms with Gasteiger partial charge in [-0.25, -0.2) is 0 Å². The maximum atomic E-state index is 13.2. The Morgan fingerprint density at radius 3 is 2.59 bits per heavy atom. The molecule has 3 aromatic carbocycles. The molecule has 0 unspecified atom stereocenters.